The van der Waals surface area contributed by atoms with E-state index < -0.39 is 0 Å². The molecule has 1 aliphatic heterocycles. The van der Waals surface area contributed by atoms with Crippen LogP contribution in [-0.4, -0.2) is 40.6 Å². The van der Waals surface area contributed by atoms with Crippen LogP contribution in [0, 0.1) is 0 Å². The Morgan fingerprint density at radius 1 is 1.46 bits per heavy atom. The number of carbonyl (C=O) groups is 1. The van der Waals surface area contributed by atoms with Gasteiger partial charge in [0.1, 0.15) is 0 Å². The fourth-order valence-corrected chi connectivity index (χ4v) is 4.77. The quantitative estimate of drug-likeness (QED) is 0.758. The van der Waals surface area contributed by atoms with Gasteiger partial charge in [0.15, 0.2) is 5.69 Å². The molecule has 0 aliphatic carbocycles. The molecule has 2 N–H and O–H groups in total. The smallest absolute Gasteiger partial charge is 0.273 e. The maximum absolute atomic E-state index is 12.6. The van der Waals surface area contributed by atoms with E-state index in [0.29, 0.717) is 12.2 Å². The van der Waals surface area contributed by atoms with E-state index in [1.54, 1.807) is 11.3 Å². The largest absolute Gasteiger partial charge is 0.349 e. The van der Waals surface area contributed by atoms with Crippen LogP contribution in [0.25, 0.3) is 0 Å². The fourth-order valence-electron chi connectivity index (χ4n) is 3.09. The van der Waals surface area contributed by atoms with Gasteiger partial charge in [0, 0.05) is 11.4 Å². The number of hydrogen-bond donors (Lipinski definition) is 2. The first kappa shape index (κ1) is 17.6. The van der Waals surface area contributed by atoms with E-state index in [1.807, 2.05) is 0 Å². The molecule has 1 amide bonds. The summed E-state index contributed by atoms with van der Waals surface area (Å²) in [4.78, 5) is 16.3. The number of hydrogen-bond acceptors (Lipinski definition) is 4. The molecule has 1 aliphatic rings. The minimum Gasteiger partial charge on any atom is -0.349 e. The average molecular weight is 411 g/mol. The maximum Gasteiger partial charge on any atom is 0.273 e. The number of nitrogens with one attached hydrogen (secondary N) is 2. The predicted octanol–water partition coefficient (Wildman–Crippen LogP) is 3.92. The van der Waals surface area contributed by atoms with Gasteiger partial charge >= 0.3 is 0 Å². The van der Waals surface area contributed by atoms with E-state index in [4.69, 9.17) is 0 Å². The first-order valence-corrected chi connectivity index (χ1v) is 10.0. The summed E-state index contributed by atoms with van der Waals surface area (Å²) in [7, 11) is 0. The van der Waals surface area contributed by atoms with Crippen molar-refractivity contribution in [3.05, 3.63) is 38.3 Å². The number of nitrogens with zero attached hydrogens (tertiary/aromatic N) is 2. The Labute approximate surface area is 155 Å². The van der Waals surface area contributed by atoms with Gasteiger partial charge in [0.2, 0.25) is 0 Å². The molecule has 2 aromatic heterocycles. The Morgan fingerprint density at radius 3 is 2.79 bits per heavy atom. The number of halogens is 1. The van der Waals surface area contributed by atoms with Gasteiger partial charge in [-0.25, -0.2) is 0 Å². The Kier molecular flexibility index (Phi) is 5.73. The van der Waals surface area contributed by atoms with E-state index in [0.717, 1.165) is 23.3 Å². The summed E-state index contributed by atoms with van der Waals surface area (Å²) >= 11 is 5.25. The van der Waals surface area contributed by atoms with Crippen molar-refractivity contribution < 1.29 is 4.79 Å². The lowest BCUT2D eigenvalue weighted by Gasteiger charge is -2.26. The first-order chi connectivity index (χ1) is 11.6. The number of aromatic amines is 1. The SMILES string of the molecule is CC(C)c1[nH]nc(C(=O)NCC(c2cccs2)N2CCCC2)c1Br. The molecule has 3 rings (SSSR count). The standard InChI is InChI=1S/C17H23BrN4OS/c1-11(2)15-14(18)16(21-20-15)17(23)19-10-12(13-6-5-9-24-13)22-7-3-4-8-22/h5-6,9,11-12H,3-4,7-8,10H2,1-2H3,(H,19,23)(H,20,21). The summed E-state index contributed by atoms with van der Waals surface area (Å²) in [5.74, 6) is 0.155. The molecule has 130 valence electrons. The van der Waals surface area contributed by atoms with Crippen molar-refractivity contribution in [2.75, 3.05) is 19.6 Å². The Hall–Kier alpha value is -1.18. The molecule has 2 aromatic rings. The van der Waals surface area contributed by atoms with Crippen molar-refractivity contribution in [3.63, 3.8) is 0 Å². The highest BCUT2D eigenvalue weighted by atomic mass is 79.9. The maximum atomic E-state index is 12.6. The second-order valence-corrected chi connectivity index (χ2v) is 8.21. The molecule has 1 saturated heterocycles. The molecule has 0 saturated carbocycles. The molecule has 0 radical (unpaired) electrons. The average Bonchev–Trinajstić information content (AvgIpc) is 3.29. The van der Waals surface area contributed by atoms with Crippen LogP contribution in [0.4, 0.5) is 0 Å². The van der Waals surface area contributed by atoms with Crippen molar-refractivity contribution in [2.45, 2.75) is 38.6 Å². The lowest BCUT2D eigenvalue weighted by atomic mass is 10.1. The van der Waals surface area contributed by atoms with Crippen LogP contribution < -0.4 is 5.32 Å². The highest BCUT2D eigenvalue weighted by Crippen LogP contribution is 2.29. The number of carbonyl (C=O) groups excluding carboxylic acids is 1. The molecule has 1 atom stereocenters. The van der Waals surface area contributed by atoms with E-state index >= 15 is 0 Å². The van der Waals surface area contributed by atoms with Crippen LogP contribution >= 0.6 is 27.3 Å². The second kappa shape index (κ2) is 7.80. The van der Waals surface area contributed by atoms with Gasteiger partial charge in [0.25, 0.3) is 5.91 Å². The van der Waals surface area contributed by atoms with Gasteiger partial charge in [0.05, 0.1) is 16.2 Å². The molecule has 0 bridgehead atoms. The number of thiophene rings is 1. The Bertz CT molecular complexity index is 677. The van der Waals surface area contributed by atoms with E-state index in [1.165, 1.54) is 17.7 Å². The summed E-state index contributed by atoms with van der Waals surface area (Å²) in [6.07, 6.45) is 2.47. The summed E-state index contributed by atoms with van der Waals surface area (Å²) in [5.41, 5.74) is 1.39. The van der Waals surface area contributed by atoms with E-state index in [2.05, 4.69) is 67.7 Å². The van der Waals surface area contributed by atoms with Crippen molar-refractivity contribution in [3.8, 4) is 0 Å². The van der Waals surface area contributed by atoms with Crippen LogP contribution in [-0.2, 0) is 0 Å². The zero-order valence-corrected chi connectivity index (χ0v) is 16.4. The van der Waals surface area contributed by atoms with Crippen molar-refractivity contribution in [1.29, 1.82) is 0 Å². The Balaban J connectivity index is 1.69. The predicted molar refractivity (Wildman–Crippen MR) is 101 cm³/mol. The minimum absolute atomic E-state index is 0.134. The van der Waals surface area contributed by atoms with Crippen LogP contribution in [0.3, 0.4) is 0 Å². The molecule has 0 spiro atoms. The molecule has 7 heteroatoms. The zero-order chi connectivity index (χ0) is 17.1. The molecule has 1 unspecified atom stereocenters. The highest BCUT2D eigenvalue weighted by Gasteiger charge is 2.26. The molecular formula is C17H23BrN4OS. The summed E-state index contributed by atoms with van der Waals surface area (Å²) in [6.45, 7) is 6.94. The monoisotopic (exact) mass is 410 g/mol. The number of aromatic nitrogens is 2. The third-order valence-electron chi connectivity index (χ3n) is 4.43. The Morgan fingerprint density at radius 2 is 2.21 bits per heavy atom. The first-order valence-electron chi connectivity index (χ1n) is 8.37. The van der Waals surface area contributed by atoms with Crippen molar-refractivity contribution in [1.82, 2.24) is 20.4 Å². The van der Waals surface area contributed by atoms with Gasteiger partial charge in [-0.1, -0.05) is 19.9 Å². The lowest BCUT2D eigenvalue weighted by molar-refractivity contribution is 0.0932. The van der Waals surface area contributed by atoms with Crippen molar-refractivity contribution in [2.24, 2.45) is 0 Å². The number of H-pyrrole nitrogens is 1. The summed E-state index contributed by atoms with van der Waals surface area (Å²) < 4.78 is 0.767. The second-order valence-electron chi connectivity index (χ2n) is 6.44. The third kappa shape index (κ3) is 3.73. The van der Waals surface area contributed by atoms with Gasteiger partial charge in [-0.05, 0) is 59.2 Å². The van der Waals surface area contributed by atoms with E-state index in [-0.39, 0.29) is 17.9 Å². The lowest BCUT2D eigenvalue weighted by Crippen LogP contribution is -2.36. The molecular weight excluding hydrogens is 388 g/mol. The summed E-state index contributed by atoms with van der Waals surface area (Å²) in [6, 6.07) is 4.48. The van der Waals surface area contributed by atoms with Gasteiger partial charge in [-0.15, -0.1) is 11.3 Å². The molecule has 24 heavy (non-hydrogen) atoms. The highest BCUT2D eigenvalue weighted by molar-refractivity contribution is 9.10. The molecule has 0 aromatic carbocycles. The normalized spacial score (nSPS) is 16.7. The molecule has 5 nitrogen and oxygen atoms in total. The molecule has 3 heterocycles. The van der Waals surface area contributed by atoms with Gasteiger partial charge < -0.3 is 5.32 Å². The van der Waals surface area contributed by atoms with Crippen molar-refractivity contribution >= 4 is 33.2 Å². The van der Waals surface area contributed by atoms with Gasteiger partial charge in [-0.2, -0.15) is 5.10 Å². The van der Waals surface area contributed by atoms with E-state index in [9.17, 15) is 4.79 Å². The third-order valence-corrected chi connectivity index (χ3v) is 6.21. The van der Waals surface area contributed by atoms with Crippen LogP contribution in [0.5, 0.6) is 0 Å². The fraction of sp³-hybridized carbons (Fsp3) is 0.529. The number of rotatable bonds is 6. The zero-order valence-electron chi connectivity index (χ0n) is 14.0. The van der Waals surface area contributed by atoms with Crippen LogP contribution in [0.1, 0.15) is 59.7 Å². The van der Waals surface area contributed by atoms with Gasteiger partial charge in [-0.3, -0.25) is 14.8 Å². The number of likely N-dealkylation sites (tertiary alicyclic amines) is 1. The van der Waals surface area contributed by atoms with Crippen LogP contribution in [0.15, 0.2) is 22.0 Å². The topological polar surface area (TPSA) is 61.0 Å². The minimum atomic E-state index is -0.134. The molecule has 1 fully saturated rings. The van der Waals surface area contributed by atoms with Crippen LogP contribution in [0.2, 0.25) is 0 Å². The summed E-state index contributed by atoms with van der Waals surface area (Å²) in [5, 5.41) is 12.3. The number of amides is 1.